The number of carbonyl (C=O) groups is 2. The van der Waals surface area contributed by atoms with E-state index in [-0.39, 0.29) is 5.91 Å². The molecule has 0 aromatic carbocycles. The molecule has 6 nitrogen and oxygen atoms in total. The molecular formula is C13H18N4O2. The monoisotopic (exact) mass is 262 g/mol. The highest BCUT2D eigenvalue weighted by atomic mass is 16.2. The fraction of sp³-hybridized carbons (Fsp3) is 0.462. The average molecular weight is 262 g/mol. The lowest BCUT2D eigenvalue weighted by Crippen LogP contribution is -2.50. The van der Waals surface area contributed by atoms with E-state index in [9.17, 15) is 9.59 Å². The molecule has 1 aromatic rings. The van der Waals surface area contributed by atoms with Gasteiger partial charge in [0.2, 0.25) is 11.8 Å². The Morgan fingerprint density at radius 3 is 2.84 bits per heavy atom. The highest BCUT2D eigenvalue weighted by molar-refractivity contribution is 5.82. The SMILES string of the molecule is CN1CCN(CC(C(N)=O)c2ccccn2)CC1=O. The second-order valence-corrected chi connectivity index (χ2v) is 4.76. The molecule has 2 heterocycles. The molecule has 6 heteroatoms. The average Bonchev–Trinajstić information content (AvgIpc) is 2.40. The van der Waals surface area contributed by atoms with Crippen LogP contribution >= 0.6 is 0 Å². The Kier molecular flexibility index (Phi) is 4.11. The van der Waals surface area contributed by atoms with Gasteiger partial charge < -0.3 is 10.6 Å². The van der Waals surface area contributed by atoms with Crippen LogP contribution in [0.1, 0.15) is 11.6 Å². The number of rotatable bonds is 4. The smallest absolute Gasteiger partial charge is 0.236 e. The van der Waals surface area contributed by atoms with Gasteiger partial charge in [-0.05, 0) is 12.1 Å². The van der Waals surface area contributed by atoms with Gasteiger partial charge >= 0.3 is 0 Å². The minimum absolute atomic E-state index is 0.0653. The zero-order valence-corrected chi connectivity index (χ0v) is 11.0. The van der Waals surface area contributed by atoms with Crippen molar-refractivity contribution >= 4 is 11.8 Å². The van der Waals surface area contributed by atoms with Crippen LogP contribution < -0.4 is 5.73 Å². The summed E-state index contributed by atoms with van der Waals surface area (Å²) in [6.45, 7) is 2.18. The number of likely N-dealkylation sites (N-methyl/N-ethyl adjacent to an activating group) is 1. The first-order valence-corrected chi connectivity index (χ1v) is 6.24. The summed E-state index contributed by atoms with van der Waals surface area (Å²) in [7, 11) is 1.78. The lowest BCUT2D eigenvalue weighted by molar-refractivity contribution is -0.135. The molecule has 0 spiro atoms. The van der Waals surface area contributed by atoms with E-state index in [1.165, 1.54) is 0 Å². The normalized spacial score (nSPS) is 18.4. The van der Waals surface area contributed by atoms with E-state index in [4.69, 9.17) is 5.73 Å². The van der Waals surface area contributed by atoms with Gasteiger partial charge in [-0.1, -0.05) is 6.07 Å². The molecule has 1 saturated heterocycles. The Balaban J connectivity index is 2.06. The van der Waals surface area contributed by atoms with Crippen LogP contribution in [0.15, 0.2) is 24.4 Å². The summed E-state index contributed by atoms with van der Waals surface area (Å²) in [6.07, 6.45) is 1.64. The van der Waals surface area contributed by atoms with Gasteiger partial charge in [0.05, 0.1) is 18.2 Å². The zero-order chi connectivity index (χ0) is 13.8. The maximum Gasteiger partial charge on any atom is 0.236 e. The lowest BCUT2D eigenvalue weighted by atomic mass is 10.0. The van der Waals surface area contributed by atoms with Crippen LogP contribution in [0.2, 0.25) is 0 Å². The standard InChI is InChI=1S/C13H18N4O2/c1-16-6-7-17(9-12(16)18)8-10(13(14)19)11-4-2-3-5-15-11/h2-5,10H,6-9H2,1H3,(H2,14,19). The van der Waals surface area contributed by atoms with Crippen molar-refractivity contribution in [2.24, 2.45) is 5.73 Å². The fourth-order valence-corrected chi connectivity index (χ4v) is 2.13. The summed E-state index contributed by atoms with van der Waals surface area (Å²) in [6, 6.07) is 5.40. The number of aromatic nitrogens is 1. The van der Waals surface area contributed by atoms with Gasteiger partial charge in [-0.3, -0.25) is 19.5 Å². The van der Waals surface area contributed by atoms with Gasteiger partial charge in [-0.15, -0.1) is 0 Å². The lowest BCUT2D eigenvalue weighted by Gasteiger charge is -2.33. The van der Waals surface area contributed by atoms with E-state index in [0.29, 0.717) is 25.3 Å². The van der Waals surface area contributed by atoms with E-state index in [2.05, 4.69) is 4.98 Å². The van der Waals surface area contributed by atoms with E-state index >= 15 is 0 Å². The molecule has 0 radical (unpaired) electrons. The molecular weight excluding hydrogens is 244 g/mol. The summed E-state index contributed by atoms with van der Waals surface area (Å²) in [5.41, 5.74) is 6.10. The highest BCUT2D eigenvalue weighted by Gasteiger charge is 2.27. The summed E-state index contributed by atoms with van der Waals surface area (Å²) in [4.78, 5) is 31.0. The first-order valence-electron chi connectivity index (χ1n) is 6.24. The molecule has 1 atom stereocenters. The number of nitrogens with zero attached hydrogens (tertiary/aromatic N) is 3. The van der Waals surface area contributed by atoms with Gasteiger partial charge in [0.25, 0.3) is 0 Å². The molecule has 1 aliphatic heterocycles. The summed E-state index contributed by atoms with van der Waals surface area (Å²) in [5, 5.41) is 0. The van der Waals surface area contributed by atoms with Gasteiger partial charge in [0.15, 0.2) is 0 Å². The second kappa shape index (κ2) is 5.79. The Labute approximate surface area is 112 Å². The van der Waals surface area contributed by atoms with Crippen LogP contribution in [0.4, 0.5) is 0 Å². The number of pyridine rings is 1. The predicted molar refractivity (Wildman–Crippen MR) is 70.2 cm³/mol. The Bertz CT molecular complexity index is 463. The quantitative estimate of drug-likeness (QED) is 0.787. The van der Waals surface area contributed by atoms with Crippen molar-refractivity contribution in [3.8, 4) is 0 Å². The number of amides is 2. The van der Waals surface area contributed by atoms with E-state index in [0.717, 1.165) is 6.54 Å². The molecule has 1 aliphatic rings. The predicted octanol–water partition coefficient (Wildman–Crippen LogP) is -0.575. The Morgan fingerprint density at radius 1 is 1.47 bits per heavy atom. The largest absolute Gasteiger partial charge is 0.369 e. The maximum absolute atomic E-state index is 11.6. The van der Waals surface area contributed by atoms with Crippen molar-refractivity contribution in [3.63, 3.8) is 0 Å². The van der Waals surface area contributed by atoms with Crippen molar-refractivity contribution in [1.82, 2.24) is 14.8 Å². The van der Waals surface area contributed by atoms with E-state index in [1.807, 2.05) is 11.0 Å². The number of carbonyl (C=O) groups excluding carboxylic acids is 2. The molecule has 19 heavy (non-hydrogen) atoms. The molecule has 0 bridgehead atoms. The third-order valence-corrected chi connectivity index (χ3v) is 3.37. The number of hydrogen-bond donors (Lipinski definition) is 1. The molecule has 1 unspecified atom stereocenters. The van der Waals surface area contributed by atoms with Crippen molar-refractivity contribution in [2.45, 2.75) is 5.92 Å². The molecule has 1 fully saturated rings. The maximum atomic E-state index is 11.6. The van der Waals surface area contributed by atoms with Gasteiger partial charge in [0.1, 0.15) is 0 Å². The van der Waals surface area contributed by atoms with Crippen LogP contribution in [0.5, 0.6) is 0 Å². The second-order valence-electron chi connectivity index (χ2n) is 4.76. The summed E-state index contributed by atoms with van der Waals surface area (Å²) in [5.74, 6) is -0.821. The molecule has 2 amide bonds. The number of primary amides is 1. The third-order valence-electron chi connectivity index (χ3n) is 3.37. The van der Waals surface area contributed by atoms with Crippen LogP contribution in [0, 0.1) is 0 Å². The van der Waals surface area contributed by atoms with E-state index in [1.54, 1.807) is 30.3 Å². The van der Waals surface area contributed by atoms with Crippen LogP contribution in [-0.2, 0) is 9.59 Å². The fourth-order valence-electron chi connectivity index (χ4n) is 2.13. The molecule has 0 saturated carbocycles. The van der Waals surface area contributed by atoms with Gasteiger partial charge in [0, 0.05) is 32.9 Å². The van der Waals surface area contributed by atoms with Crippen molar-refractivity contribution < 1.29 is 9.59 Å². The van der Waals surface area contributed by atoms with Crippen molar-refractivity contribution in [2.75, 3.05) is 33.2 Å². The number of nitrogens with two attached hydrogens (primary N) is 1. The molecule has 2 rings (SSSR count). The summed E-state index contributed by atoms with van der Waals surface area (Å²) >= 11 is 0. The van der Waals surface area contributed by atoms with Crippen LogP contribution in [-0.4, -0.2) is 59.8 Å². The highest BCUT2D eigenvalue weighted by Crippen LogP contribution is 2.15. The molecule has 102 valence electrons. The minimum Gasteiger partial charge on any atom is -0.369 e. The van der Waals surface area contributed by atoms with Crippen molar-refractivity contribution in [3.05, 3.63) is 30.1 Å². The molecule has 1 aromatic heterocycles. The van der Waals surface area contributed by atoms with Crippen LogP contribution in [0.25, 0.3) is 0 Å². The third kappa shape index (κ3) is 3.29. The van der Waals surface area contributed by atoms with Crippen LogP contribution in [0.3, 0.4) is 0 Å². The molecule has 2 N–H and O–H groups in total. The summed E-state index contributed by atoms with van der Waals surface area (Å²) < 4.78 is 0. The Hall–Kier alpha value is -1.95. The van der Waals surface area contributed by atoms with Gasteiger partial charge in [-0.25, -0.2) is 0 Å². The Morgan fingerprint density at radius 2 is 2.26 bits per heavy atom. The minimum atomic E-state index is -0.475. The first kappa shape index (κ1) is 13.5. The topological polar surface area (TPSA) is 79.5 Å². The van der Waals surface area contributed by atoms with Crippen molar-refractivity contribution in [1.29, 1.82) is 0 Å². The zero-order valence-electron chi connectivity index (χ0n) is 11.0. The first-order chi connectivity index (χ1) is 9.08. The van der Waals surface area contributed by atoms with E-state index < -0.39 is 11.8 Å². The number of piperazine rings is 1. The molecule has 0 aliphatic carbocycles. The van der Waals surface area contributed by atoms with Gasteiger partial charge in [-0.2, -0.15) is 0 Å². The number of hydrogen-bond acceptors (Lipinski definition) is 4.